The minimum atomic E-state index is -0.428. The van der Waals surface area contributed by atoms with Crippen molar-refractivity contribution in [2.75, 3.05) is 20.8 Å². The SMILES string of the molecule is COc1ccc2[nH]cc(C(=O)C3c4[nH]c5ccc(OC)cc5c4CCN3Cc3ccccc3)c2c1. The second-order valence-electron chi connectivity index (χ2n) is 9.02. The Bertz CT molecular complexity index is 1530. The molecule has 0 bridgehead atoms. The Morgan fingerprint density at radius 3 is 2.40 bits per heavy atom. The van der Waals surface area contributed by atoms with Crippen molar-refractivity contribution in [2.24, 2.45) is 0 Å². The number of hydrogen-bond acceptors (Lipinski definition) is 4. The van der Waals surface area contributed by atoms with Crippen LogP contribution in [0.2, 0.25) is 0 Å². The summed E-state index contributed by atoms with van der Waals surface area (Å²) in [4.78, 5) is 23.4. The van der Waals surface area contributed by atoms with Gasteiger partial charge in [0.2, 0.25) is 0 Å². The van der Waals surface area contributed by atoms with Crippen LogP contribution in [-0.4, -0.2) is 41.4 Å². The van der Waals surface area contributed by atoms with E-state index < -0.39 is 6.04 Å². The highest BCUT2D eigenvalue weighted by Gasteiger charge is 2.37. The zero-order valence-corrected chi connectivity index (χ0v) is 19.8. The predicted molar refractivity (Wildman–Crippen MR) is 137 cm³/mol. The van der Waals surface area contributed by atoms with Crippen molar-refractivity contribution >= 4 is 27.6 Å². The van der Waals surface area contributed by atoms with Gasteiger partial charge in [0.05, 0.1) is 14.2 Å². The van der Waals surface area contributed by atoms with Gasteiger partial charge in [0, 0.05) is 52.3 Å². The monoisotopic (exact) mass is 465 g/mol. The van der Waals surface area contributed by atoms with E-state index in [-0.39, 0.29) is 5.78 Å². The first-order valence-electron chi connectivity index (χ1n) is 11.8. The van der Waals surface area contributed by atoms with Gasteiger partial charge in [0.1, 0.15) is 17.5 Å². The number of ether oxygens (including phenoxy) is 2. The van der Waals surface area contributed by atoms with Crippen molar-refractivity contribution in [1.82, 2.24) is 14.9 Å². The van der Waals surface area contributed by atoms with E-state index in [1.54, 1.807) is 14.2 Å². The number of benzene rings is 3. The van der Waals surface area contributed by atoms with Gasteiger partial charge in [-0.2, -0.15) is 0 Å². The van der Waals surface area contributed by atoms with Crippen LogP contribution in [0.4, 0.5) is 0 Å². The van der Waals surface area contributed by atoms with Crippen LogP contribution in [0.3, 0.4) is 0 Å². The fourth-order valence-corrected chi connectivity index (χ4v) is 5.31. The summed E-state index contributed by atoms with van der Waals surface area (Å²) in [5.41, 5.74) is 5.96. The van der Waals surface area contributed by atoms with E-state index >= 15 is 0 Å². The van der Waals surface area contributed by atoms with Gasteiger partial charge in [-0.25, -0.2) is 0 Å². The lowest BCUT2D eigenvalue weighted by atomic mass is 9.91. The van der Waals surface area contributed by atoms with E-state index in [4.69, 9.17) is 9.47 Å². The molecule has 0 aliphatic carbocycles. The molecule has 0 saturated carbocycles. The van der Waals surface area contributed by atoms with Crippen LogP contribution in [0.5, 0.6) is 11.5 Å². The summed E-state index contributed by atoms with van der Waals surface area (Å²) in [6.45, 7) is 1.48. The fraction of sp³-hybridized carbons (Fsp3) is 0.207. The molecule has 2 aromatic heterocycles. The van der Waals surface area contributed by atoms with Crippen LogP contribution in [0.15, 0.2) is 72.9 Å². The maximum absolute atomic E-state index is 14.3. The van der Waals surface area contributed by atoms with Gasteiger partial charge in [-0.1, -0.05) is 30.3 Å². The molecule has 35 heavy (non-hydrogen) atoms. The highest BCUT2D eigenvalue weighted by atomic mass is 16.5. The first kappa shape index (κ1) is 21.5. The lowest BCUT2D eigenvalue weighted by Crippen LogP contribution is -2.39. The van der Waals surface area contributed by atoms with Crippen molar-refractivity contribution in [3.05, 3.63) is 95.3 Å². The number of H-pyrrole nitrogens is 2. The Kier molecular flexibility index (Phi) is 5.30. The quantitative estimate of drug-likeness (QED) is 0.318. The standard InChI is InChI=1S/C29H27N3O3/c1-34-19-8-10-25-23(15-19)24(16-30-25)29(33)28-27-21(22-14-20(35-2)9-11-26(22)31-27)12-13-32(28)17-18-6-4-3-5-7-18/h3-11,14-16,28,30-31H,12-13,17H2,1-2H3. The lowest BCUT2D eigenvalue weighted by molar-refractivity contribution is 0.0784. The molecule has 6 rings (SSSR count). The van der Waals surface area contributed by atoms with Crippen molar-refractivity contribution in [2.45, 2.75) is 19.0 Å². The summed E-state index contributed by atoms with van der Waals surface area (Å²) in [6, 6.07) is 21.7. The maximum Gasteiger partial charge on any atom is 0.188 e. The molecule has 3 heterocycles. The second-order valence-corrected chi connectivity index (χ2v) is 9.02. The van der Waals surface area contributed by atoms with Gasteiger partial charge in [-0.15, -0.1) is 0 Å². The Labute approximate surface area is 203 Å². The molecule has 6 nitrogen and oxygen atoms in total. The molecule has 1 unspecified atom stereocenters. The molecule has 0 spiro atoms. The maximum atomic E-state index is 14.3. The van der Waals surface area contributed by atoms with E-state index in [1.165, 1.54) is 11.1 Å². The van der Waals surface area contributed by atoms with Gasteiger partial charge in [-0.3, -0.25) is 9.69 Å². The lowest BCUT2D eigenvalue weighted by Gasteiger charge is -2.35. The normalized spacial score (nSPS) is 15.9. The molecule has 0 saturated heterocycles. The van der Waals surface area contributed by atoms with Crippen molar-refractivity contribution < 1.29 is 14.3 Å². The molecule has 1 aliphatic rings. The number of nitrogens with zero attached hydrogens (tertiary/aromatic N) is 1. The molecule has 5 aromatic rings. The molecular formula is C29H27N3O3. The highest BCUT2D eigenvalue weighted by Crippen LogP contribution is 2.39. The van der Waals surface area contributed by atoms with Crippen molar-refractivity contribution in [3.8, 4) is 11.5 Å². The third-order valence-electron chi connectivity index (χ3n) is 7.07. The number of Topliss-reactive ketones (excluding diaryl/α,β-unsaturated/α-hetero) is 1. The molecule has 1 atom stereocenters. The Morgan fingerprint density at radius 1 is 0.943 bits per heavy atom. The molecule has 1 aliphatic heterocycles. The summed E-state index contributed by atoms with van der Waals surface area (Å²) in [7, 11) is 3.32. The van der Waals surface area contributed by atoms with Gasteiger partial charge in [0.25, 0.3) is 0 Å². The zero-order valence-electron chi connectivity index (χ0n) is 19.8. The Morgan fingerprint density at radius 2 is 1.66 bits per heavy atom. The number of rotatable bonds is 6. The average molecular weight is 466 g/mol. The molecular weight excluding hydrogens is 438 g/mol. The zero-order chi connectivity index (χ0) is 23.9. The van der Waals surface area contributed by atoms with E-state index in [0.29, 0.717) is 12.1 Å². The summed E-state index contributed by atoms with van der Waals surface area (Å²) < 4.78 is 10.9. The Balaban J connectivity index is 1.49. The molecule has 6 heteroatoms. The minimum absolute atomic E-state index is 0.0694. The first-order chi connectivity index (χ1) is 17.2. The van der Waals surface area contributed by atoms with Crippen LogP contribution >= 0.6 is 0 Å². The predicted octanol–water partition coefficient (Wildman–Crippen LogP) is 5.65. The summed E-state index contributed by atoms with van der Waals surface area (Å²) in [6.07, 6.45) is 2.69. The van der Waals surface area contributed by atoms with Crippen molar-refractivity contribution in [3.63, 3.8) is 0 Å². The van der Waals surface area contributed by atoms with Crippen molar-refractivity contribution in [1.29, 1.82) is 0 Å². The first-order valence-corrected chi connectivity index (χ1v) is 11.8. The molecule has 0 fully saturated rings. The van der Waals surface area contributed by atoms with Crippen LogP contribution < -0.4 is 9.47 Å². The van der Waals surface area contributed by atoms with E-state index in [9.17, 15) is 4.79 Å². The third-order valence-corrected chi connectivity index (χ3v) is 7.07. The molecule has 2 N–H and O–H groups in total. The number of hydrogen-bond donors (Lipinski definition) is 2. The highest BCUT2D eigenvalue weighted by molar-refractivity contribution is 6.11. The molecule has 176 valence electrons. The van der Waals surface area contributed by atoms with Crippen LogP contribution in [0.1, 0.15) is 33.2 Å². The van der Waals surface area contributed by atoms with E-state index in [0.717, 1.165) is 52.0 Å². The fourth-order valence-electron chi connectivity index (χ4n) is 5.31. The summed E-state index contributed by atoms with van der Waals surface area (Å²) in [5, 5.41) is 2.00. The molecule has 0 radical (unpaired) electrons. The third kappa shape index (κ3) is 3.67. The topological polar surface area (TPSA) is 70.3 Å². The number of methoxy groups -OCH3 is 2. The number of carbonyl (C=O) groups is 1. The largest absolute Gasteiger partial charge is 0.497 e. The van der Waals surface area contributed by atoms with E-state index in [2.05, 4.69) is 33.1 Å². The van der Waals surface area contributed by atoms with Crippen LogP contribution in [0, 0.1) is 0 Å². The number of nitrogens with one attached hydrogen (secondary N) is 2. The van der Waals surface area contributed by atoms with Crippen LogP contribution in [-0.2, 0) is 13.0 Å². The van der Waals surface area contributed by atoms with Crippen LogP contribution in [0.25, 0.3) is 21.8 Å². The number of aromatic amines is 2. The molecule has 0 amide bonds. The number of carbonyl (C=O) groups excluding carboxylic acids is 1. The number of fused-ring (bicyclic) bond motifs is 4. The second kappa shape index (κ2) is 8.64. The number of ketones is 1. The van der Waals surface area contributed by atoms with Gasteiger partial charge in [0.15, 0.2) is 5.78 Å². The summed E-state index contributed by atoms with van der Waals surface area (Å²) in [5.74, 6) is 1.62. The smallest absolute Gasteiger partial charge is 0.188 e. The average Bonchev–Trinajstić information content (AvgIpc) is 3.49. The summed E-state index contributed by atoms with van der Waals surface area (Å²) >= 11 is 0. The van der Waals surface area contributed by atoms with E-state index in [1.807, 2.05) is 54.7 Å². The van der Waals surface area contributed by atoms with Gasteiger partial charge in [-0.05, 0) is 53.9 Å². The van der Waals surface area contributed by atoms with Gasteiger partial charge >= 0.3 is 0 Å². The molecule has 3 aromatic carbocycles. The Hall–Kier alpha value is -4.03. The minimum Gasteiger partial charge on any atom is -0.497 e. The number of aromatic nitrogens is 2. The van der Waals surface area contributed by atoms with Gasteiger partial charge < -0.3 is 19.4 Å².